The highest BCUT2D eigenvalue weighted by molar-refractivity contribution is 7.92. The number of benzene rings is 2. The first-order valence-corrected chi connectivity index (χ1v) is 11.9. The normalized spacial score (nSPS) is 13.0. The number of rotatable bonds is 6. The molecular weight excluding hydrogens is 432 g/mol. The maximum atomic E-state index is 12.7. The molecule has 166 valence electrons. The van der Waals surface area contributed by atoms with E-state index in [1.165, 1.54) is 10.6 Å². The molecule has 1 N–H and O–H groups in total. The van der Waals surface area contributed by atoms with Crippen LogP contribution in [-0.2, 0) is 21.2 Å². The van der Waals surface area contributed by atoms with Crippen molar-refractivity contribution in [2.45, 2.75) is 13.3 Å². The standard InChI is InChI=1S/C22H22N4O5S/c1-3-31-22(28)19-11-12-25(24-19)18-7-5-17(6-8-18)23-21(27)16-4-9-20-15(14-16)10-13-26(20)32(2,29)30/h4-9,11-12,14H,3,10,13H2,1-2H3,(H,23,27). The molecule has 9 nitrogen and oxygen atoms in total. The first kappa shape index (κ1) is 21.6. The van der Waals surface area contributed by atoms with Crippen LogP contribution in [0.3, 0.4) is 0 Å². The lowest BCUT2D eigenvalue weighted by molar-refractivity contribution is 0.0518. The van der Waals surface area contributed by atoms with E-state index in [0.717, 1.165) is 11.3 Å². The number of nitrogens with zero attached hydrogens (tertiary/aromatic N) is 3. The molecule has 0 atom stereocenters. The van der Waals surface area contributed by atoms with Crippen LogP contribution in [0.25, 0.3) is 5.69 Å². The Balaban J connectivity index is 1.45. The lowest BCUT2D eigenvalue weighted by Crippen LogP contribution is -2.27. The number of hydrogen-bond acceptors (Lipinski definition) is 6. The number of sulfonamides is 1. The molecular formula is C22H22N4O5S. The fourth-order valence-electron chi connectivity index (χ4n) is 3.54. The summed E-state index contributed by atoms with van der Waals surface area (Å²) < 4.78 is 31.6. The van der Waals surface area contributed by atoms with Gasteiger partial charge < -0.3 is 10.1 Å². The summed E-state index contributed by atoms with van der Waals surface area (Å²) in [5.41, 5.74) is 3.43. The fraction of sp³-hybridized carbons (Fsp3) is 0.227. The molecule has 0 saturated carbocycles. The van der Waals surface area contributed by atoms with Gasteiger partial charge in [-0.25, -0.2) is 17.9 Å². The third-order valence-electron chi connectivity index (χ3n) is 5.06. The van der Waals surface area contributed by atoms with Crippen molar-refractivity contribution in [3.05, 3.63) is 71.5 Å². The summed E-state index contributed by atoms with van der Waals surface area (Å²) >= 11 is 0. The smallest absolute Gasteiger partial charge is 0.358 e. The summed E-state index contributed by atoms with van der Waals surface area (Å²) in [6.07, 6.45) is 3.40. The van der Waals surface area contributed by atoms with E-state index in [9.17, 15) is 18.0 Å². The van der Waals surface area contributed by atoms with Gasteiger partial charge in [0.25, 0.3) is 5.91 Å². The number of anilines is 2. The van der Waals surface area contributed by atoms with E-state index < -0.39 is 16.0 Å². The zero-order chi connectivity index (χ0) is 22.9. The van der Waals surface area contributed by atoms with Crippen molar-refractivity contribution in [3.63, 3.8) is 0 Å². The molecule has 0 saturated heterocycles. The average molecular weight is 455 g/mol. The van der Waals surface area contributed by atoms with Gasteiger partial charge in [-0.05, 0) is 67.4 Å². The topological polar surface area (TPSA) is 111 Å². The quantitative estimate of drug-likeness (QED) is 0.574. The van der Waals surface area contributed by atoms with E-state index in [2.05, 4.69) is 10.4 Å². The SMILES string of the molecule is CCOC(=O)c1ccn(-c2ccc(NC(=O)c3ccc4c(c3)CCN4S(C)(=O)=O)cc2)n1. The Morgan fingerprint density at radius 1 is 1.12 bits per heavy atom. The van der Waals surface area contributed by atoms with E-state index in [-0.39, 0.29) is 18.2 Å². The summed E-state index contributed by atoms with van der Waals surface area (Å²) in [7, 11) is -3.33. The van der Waals surface area contributed by atoms with Crippen LogP contribution in [0.1, 0.15) is 33.3 Å². The van der Waals surface area contributed by atoms with Crippen molar-refractivity contribution in [2.75, 3.05) is 29.0 Å². The van der Waals surface area contributed by atoms with Gasteiger partial charge in [-0.2, -0.15) is 5.10 Å². The van der Waals surface area contributed by atoms with Gasteiger partial charge in [0.1, 0.15) is 0 Å². The van der Waals surface area contributed by atoms with Gasteiger partial charge in [0.05, 0.1) is 24.2 Å². The second kappa shape index (κ2) is 8.46. The van der Waals surface area contributed by atoms with Crippen LogP contribution in [0.15, 0.2) is 54.7 Å². The first-order valence-electron chi connectivity index (χ1n) is 10.0. The van der Waals surface area contributed by atoms with Gasteiger partial charge in [-0.15, -0.1) is 0 Å². The summed E-state index contributed by atoms with van der Waals surface area (Å²) in [5.74, 6) is -0.772. The molecule has 0 spiro atoms. The van der Waals surface area contributed by atoms with Gasteiger partial charge in [0, 0.05) is 24.0 Å². The molecule has 10 heteroatoms. The Labute approximate surface area is 185 Å². The van der Waals surface area contributed by atoms with Crippen LogP contribution in [0.2, 0.25) is 0 Å². The lowest BCUT2D eigenvalue weighted by atomic mass is 10.1. The second-order valence-corrected chi connectivity index (χ2v) is 9.20. The molecule has 4 rings (SSSR count). The van der Waals surface area contributed by atoms with Gasteiger partial charge in [-0.1, -0.05) is 0 Å². The molecule has 0 bridgehead atoms. The number of nitrogens with one attached hydrogen (secondary N) is 1. The molecule has 1 aliphatic rings. The molecule has 0 fully saturated rings. The van der Waals surface area contributed by atoms with E-state index in [1.54, 1.807) is 66.3 Å². The summed E-state index contributed by atoms with van der Waals surface area (Å²) in [4.78, 5) is 24.4. The van der Waals surface area contributed by atoms with Crippen LogP contribution < -0.4 is 9.62 Å². The number of hydrogen-bond donors (Lipinski definition) is 1. The molecule has 32 heavy (non-hydrogen) atoms. The monoisotopic (exact) mass is 454 g/mol. The van der Waals surface area contributed by atoms with Crippen LogP contribution in [0, 0.1) is 0 Å². The van der Waals surface area contributed by atoms with Crippen molar-refractivity contribution >= 4 is 33.3 Å². The number of amides is 1. The molecule has 2 aromatic carbocycles. The number of fused-ring (bicyclic) bond motifs is 1. The second-order valence-electron chi connectivity index (χ2n) is 7.30. The van der Waals surface area contributed by atoms with Crippen molar-refractivity contribution in [1.82, 2.24) is 9.78 Å². The maximum absolute atomic E-state index is 12.7. The number of carbonyl (C=O) groups is 2. The number of esters is 1. The molecule has 1 amide bonds. The van der Waals surface area contributed by atoms with Crippen molar-refractivity contribution < 1.29 is 22.7 Å². The van der Waals surface area contributed by atoms with E-state index in [0.29, 0.717) is 29.9 Å². The predicted molar refractivity (Wildman–Crippen MR) is 120 cm³/mol. The largest absolute Gasteiger partial charge is 0.461 e. The van der Waals surface area contributed by atoms with Crippen LogP contribution >= 0.6 is 0 Å². The molecule has 1 aromatic heterocycles. The molecule has 2 heterocycles. The molecule has 3 aromatic rings. The molecule has 0 aliphatic carbocycles. The number of ether oxygens (including phenoxy) is 1. The van der Waals surface area contributed by atoms with E-state index in [1.807, 2.05) is 0 Å². The van der Waals surface area contributed by atoms with E-state index >= 15 is 0 Å². The Bertz CT molecular complexity index is 1280. The van der Waals surface area contributed by atoms with Gasteiger partial charge >= 0.3 is 5.97 Å². The Kier molecular flexibility index (Phi) is 5.70. The number of carbonyl (C=O) groups excluding carboxylic acids is 2. The zero-order valence-corrected chi connectivity index (χ0v) is 18.4. The van der Waals surface area contributed by atoms with Gasteiger partial charge in [0.2, 0.25) is 10.0 Å². The highest BCUT2D eigenvalue weighted by Gasteiger charge is 2.26. The van der Waals surface area contributed by atoms with Gasteiger partial charge in [0.15, 0.2) is 5.69 Å². The van der Waals surface area contributed by atoms with Gasteiger partial charge in [-0.3, -0.25) is 9.10 Å². The first-order chi connectivity index (χ1) is 15.3. The minimum atomic E-state index is -3.33. The van der Waals surface area contributed by atoms with Crippen LogP contribution in [0.5, 0.6) is 0 Å². The fourth-order valence-corrected chi connectivity index (χ4v) is 4.50. The Hall–Kier alpha value is -3.66. The number of aromatic nitrogens is 2. The Morgan fingerprint density at radius 2 is 1.88 bits per heavy atom. The predicted octanol–water partition coefficient (Wildman–Crippen LogP) is 2.62. The minimum Gasteiger partial charge on any atom is -0.461 e. The zero-order valence-electron chi connectivity index (χ0n) is 17.6. The summed E-state index contributed by atoms with van der Waals surface area (Å²) in [6, 6.07) is 13.6. The summed E-state index contributed by atoms with van der Waals surface area (Å²) in [5, 5.41) is 7.04. The minimum absolute atomic E-state index is 0.218. The molecule has 0 unspecified atom stereocenters. The highest BCUT2D eigenvalue weighted by Crippen LogP contribution is 2.31. The third kappa shape index (κ3) is 4.35. The van der Waals surface area contributed by atoms with Crippen LogP contribution in [-0.4, -0.2) is 49.5 Å². The Morgan fingerprint density at radius 3 is 2.56 bits per heavy atom. The van der Waals surface area contributed by atoms with Crippen molar-refractivity contribution in [1.29, 1.82) is 0 Å². The molecule has 1 aliphatic heterocycles. The average Bonchev–Trinajstić information content (AvgIpc) is 3.41. The lowest BCUT2D eigenvalue weighted by Gasteiger charge is -2.16. The van der Waals surface area contributed by atoms with Crippen molar-refractivity contribution in [2.24, 2.45) is 0 Å². The maximum Gasteiger partial charge on any atom is 0.358 e. The van der Waals surface area contributed by atoms with E-state index in [4.69, 9.17) is 4.74 Å². The van der Waals surface area contributed by atoms with Crippen molar-refractivity contribution in [3.8, 4) is 5.69 Å². The third-order valence-corrected chi connectivity index (χ3v) is 6.24. The molecule has 0 radical (unpaired) electrons. The highest BCUT2D eigenvalue weighted by atomic mass is 32.2. The van der Waals surface area contributed by atoms with Crippen LogP contribution in [0.4, 0.5) is 11.4 Å². The summed E-state index contributed by atoms with van der Waals surface area (Å²) in [6.45, 7) is 2.39.